The first-order valence-corrected chi connectivity index (χ1v) is 7.11. The lowest BCUT2D eigenvalue weighted by atomic mass is 9.89. The van der Waals surface area contributed by atoms with E-state index in [2.05, 4.69) is 5.32 Å². The molecular formula is C15H21F2N3O. The first kappa shape index (κ1) is 15.7. The Labute approximate surface area is 123 Å². The molecule has 1 aromatic rings. The van der Waals surface area contributed by atoms with Gasteiger partial charge in [0, 0.05) is 19.6 Å². The van der Waals surface area contributed by atoms with Gasteiger partial charge in [0.1, 0.15) is 17.3 Å². The predicted molar refractivity (Wildman–Crippen MR) is 77.9 cm³/mol. The summed E-state index contributed by atoms with van der Waals surface area (Å²) in [7, 11) is 0. The fraction of sp³-hybridized carbons (Fsp3) is 0.533. The quantitative estimate of drug-likeness (QED) is 0.871. The first-order valence-electron chi connectivity index (χ1n) is 7.11. The highest BCUT2D eigenvalue weighted by atomic mass is 19.1. The SMILES string of the molecule is CCNCc1cc(F)c(N2CCC(C)(C(N)=O)C2)c(F)c1. The molecule has 0 aliphatic carbocycles. The molecule has 0 radical (unpaired) electrons. The van der Waals surface area contributed by atoms with Crippen molar-refractivity contribution in [2.45, 2.75) is 26.8 Å². The third kappa shape index (κ3) is 3.15. The van der Waals surface area contributed by atoms with Crippen molar-refractivity contribution in [2.24, 2.45) is 11.1 Å². The highest BCUT2D eigenvalue weighted by Gasteiger charge is 2.40. The second-order valence-corrected chi connectivity index (χ2v) is 5.78. The van der Waals surface area contributed by atoms with Crippen LogP contribution in [0, 0.1) is 17.0 Å². The number of benzene rings is 1. The minimum Gasteiger partial charge on any atom is -0.369 e. The summed E-state index contributed by atoms with van der Waals surface area (Å²) in [5, 5.41) is 3.03. The van der Waals surface area contributed by atoms with E-state index < -0.39 is 23.0 Å². The number of primary amides is 1. The molecule has 1 aliphatic rings. The number of rotatable bonds is 5. The fourth-order valence-electron chi connectivity index (χ4n) is 2.64. The van der Waals surface area contributed by atoms with Gasteiger partial charge in [-0.25, -0.2) is 8.78 Å². The van der Waals surface area contributed by atoms with E-state index in [1.807, 2.05) is 6.92 Å². The van der Waals surface area contributed by atoms with Crippen LogP contribution in [0.5, 0.6) is 0 Å². The van der Waals surface area contributed by atoms with Gasteiger partial charge in [-0.1, -0.05) is 6.92 Å². The molecule has 0 bridgehead atoms. The molecular weight excluding hydrogens is 276 g/mol. The summed E-state index contributed by atoms with van der Waals surface area (Å²) in [5.41, 5.74) is 5.12. The molecule has 116 valence electrons. The number of halogens is 2. The van der Waals surface area contributed by atoms with Crippen molar-refractivity contribution >= 4 is 11.6 Å². The van der Waals surface area contributed by atoms with Gasteiger partial charge in [0.25, 0.3) is 0 Å². The summed E-state index contributed by atoms with van der Waals surface area (Å²) in [6, 6.07) is 2.67. The number of nitrogens with two attached hydrogens (primary N) is 1. The van der Waals surface area contributed by atoms with Crippen LogP contribution in [-0.2, 0) is 11.3 Å². The Balaban J connectivity index is 2.23. The van der Waals surface area contributed by atoms with E-state index in [0.717, 1.165) is 6.54 Å². The Bertz CT molecular complexity index is 527. The maximum atomic E-state index is 14.2. The van der Waals surface area contributed by atoms with E-state index in [-0.39, 0.29) is 12.2 Å². The van der Waals surface area contributed by atoms with E-state index in [1.54, 1.807) is 11.8 Å². The number of hydrogen-bond acceptors (Lipinski definition) is 3. The van der Waals surface area contributed by atoms with E-state index in [1.165, 1.54) is 12.1 Å². The Morgan fingerprint density at radius 2 is 2.05 bits per heavy atom. The van der Waals surface area contributed by atoms with Gasteiger partial charge in [0.2, 0.25) is 5.91 Å². The average Bonchev–Trinajstić information content (AvgIpc) is 2.79. The van der Waals surface area contributed by atoms with E-state index in [0.29, 0.717) is 25.1 Å². The van der Waals surface area contributed by atoms with Crippen molar-refractivity contribution in [2.75, 3.05) is 24.5 Å². The zero-order chi connectivity index (χ0) is 15.6. The fourth-order valence-corrected chi connectivity index (χ4v) is 2.64. The lowest BCUT2D eigenvalue weighted by Crippen LogP contribution is -2.37. The minimum atomic E-state index is -0.735. The summed E-state index contributed by atoms with van der Waals surface area (Å²) < 4.78 is 28.4. The monoisotopic (exact) mass is 297 g/mol. The third-order valence-electron chi connectivity index (χ3n) is 4.04. The van der Waals surface area contributed by atoms with Crippen LogP contribution in [0.3, 0.4) is 0 Å². The highest BCUT2D eigenvalue weighted by molar-refractivity contribution is 5.82. The maximum Gasteiger partial charge on any atom is 0.225 e. The lowest BCUT2D eigenvalue weighted by molar-refractivity contribution is -0.125. The van der Waals surface area contributed by atoms with Crippen LogP contribution in [-0.4, -0.2) is 25.5 Å². The van der Waals surface area contributed by atoms with Crippen LogP contribution in [0.25, 0.3) is 0 Å². The van der Waals surface area contributed by atoms with Crippen LogP contribution >= 0.6 is 0 Å². The molecule has 6 heteroatoms. The summed E-state index contributed by atoms with van der Waals surface area (Å²) in [6.07, 6.45) is 0.500. The summed E-state index contributed by atoms with van der Waals surface area (Å²) >= 11 is 0. The van der Waals surface area contributed by atoms with Crippen LogP contribution < -0.4 is 16.0 Å². The first-order chi connectivity index (χ1) is 9.87. The van der Waals surface area contributed by atoms with Gasteiger partial charge in [-0.05, 0) is 37.6 Å². The van der Waals surface area contributed by atoms with Crippen molar-refractivity contribution in [1.82, 2.24) is 5.32 Å². The molecule has 2 rings (SSSR count). The molecule has 1 saturated heterocycles. The van der Waals surface area contributed by atoms with Crippen molar-refractivity contribution in [3.63, 3.8) is 0 Å². The molecule has 1 aromatic carbocycles. The zero-order valence-electron chi connectivity index (χ0n) is 12.4. The number of carbonyl (C=O) groups excluding carboxylic acids is 1. The van der Waals surface area contributed by atoms with Crippen LogP contribution in [0.2, 0.25) is 0 Å². The van der Waals surface area contributed by atoms with E-state index in [9.17, 15) is 13.6 Å². The van der Waals surface area contributed by atoms with Crippen molar-refractivity contribution in [3.05, 3.63) is 29.3 Å². The molecule has 1 atom stereocenters. The second-order valence-electron chi connectivity index (χ2n) is 5.78. The van der Waals surface area contributed by atoms with E-state index in [4.69, 9.17) is 5.73 Å². The lowest BCUT2D eigenvalue weighted by Gasteiger charge is -2.23. The Kier molecular flexibility index (Phi) is 4.46. The summed E-state index contributed by atoms with van der Waals surface area (Å²) in [4.78, 5) is 13.0. The van der Waals surface area contributed by atoms with Gasteiger partial charge in [-0.15, -0.1) is 0 Å². The molecule has 0 saturated carbocycles. The number of anilines is 1. The van der Waals surface area contributed by atoms with Crippen LogP contribution in [0.4, 0.5) is 14.5 Å². The molecule has 0 aromatic heterocycles. The van der Waals surface area contributed by atoms with Gasteiger partial charge in [0.15, 0.2) is 0 Å². The zero-order valence-corrected chi connectivity index (χ0v) is 12.4. The standard InChI is InChI=1S/C15H21F2N3O/c1-3-19-8-10-6-11(16)13(12(17)7-10)20-5-4-15(2,9-20)14(18)21/h6-7,19H,3-5,8-9H2,1-2H3,(H2,18,21). The number of nitrogens with one attached hydrogen (secondary N) is 1. The Morgan fingerprint density at radius 3 is 2.52 bits per heavy atom. The smallest absolute Gasteiger partial charge is 0.225 e. The van der Waals surface area contributed by atoms with E-state index >= 15 is 0 Å². The van der Waals surface area contributed by atoms with Crippen LogP contribution in [0.1, 0.15) is 25.8 Å². The number of amides is 1. The molecule has 3 N–H and O–H groups in total. The largest absolute Gasteiger partial charge is 0.369 e. The molecule has 21 heavy (non-hydrogen) atoms. The molecule has 1 fully saturated rings. The second kappa shape index (κ2) is 5.97. The van der Waals surface area contributed by atoms with Crippen molar-refractivity contribution in [1.29, 1.82) is 0 Å². The summed E-state index contributed by atoms with van der Waals surface area (Å²) in [5.74, 6) is -1.64. The third-order valence-corrected chi connectivity index (χ3v) is 4.04. The van der Waals surface area contributed by atoms with Gasteiger partial charge in [-0.3, -0.25) is 4.79 Å². The number of nitrogens with zero attached hydrogens (tertiary/aromatic N) is 1. The topological polar surface area (TPSA) is 58.4 Å². The number of carbonyl (C=O) groups is 1. The molecule has 4 nitrogen and oxygen atoms in total. The molecule has 1 aliphatic heterocycles. The Hall–Kier alpha value is -1.69. The van der Waals surface area contributed by atoms with Crippen molar-refractivity contribution < 1.29 is 13.6 Å². The molecule has 1 unspecified atom stereocenters. The highest BCUT2D eigenvalue weighted by Crippen LogP contribution is 2.35. The van der Waals surface area contributed by atoms with Gasteiger partial charge < -0.3 is 16.0 Å². The van der Waals surface area contributed by atoms with Crippen molar-refractivity contribution in [3.8, 4) is 0 Å². The molecule has 1 heterocycles. The van der Waals surface area contributed by atoms with Gasteiger partial charge in [0.05, 0.1) is 5.41 Å². The minimum absolute atomic E-state index is 0.0692. The molecule has 0 spiro atoms. The summed E-state index contributed by atoms with van der Waals surface area (Å²) in [6.45, 7) is 5.46. The Morgan fingerprint density at radius 1 is 1.43 bits per heavy atom. The number of hydrogen-bond donors (Lipinski definition) is 2. The maximum absolute atomic E-state index is 14.2. The predicted octanol–water partition coefficient (Wildman–Crippen LogP) is 1.78. The molecule has 1 amide bonds. The van der Waals surface area contributed by atoms with Crippen LogP contribution in [0.15, 0.2) is 12.1 Å². The van der Waals surface area contributed by atoms with Gasteiger partial charge >= 0.3 is 0 Å². The van der Waals surface area contributed by atoms with Gasteiger partial charge in [-0.2, -0.15) is 0 Å². The average molecular weight is 297 g/mol. The normalized spacial score (nSPS) is 21.8.